The van der Waals surface area contributed by atoms with Crippen molar-refractivity contribution < 1.29 is 19.2 Å². The third kappa shape index (κ3) is 5.61. The molecule has 1 heterocycles. The van der Waals surface area contributed by atoms with Gasteiger partial charge in [-0.1, -0.05) is 54.6 Å². The summed E-state index contributed by atoms with van der Waals surface area (Å²) in [6, 6.07) is 23.7. The number of ketones is 1. The van der Waals surface area contributed by atoms with E-state index < -0.39 is 23.6 Å². The van der Waals surface area contributed by atoms with E-state index in [9.17, 15) is 19.2 Å². The Labute approximate surface area is 207 Å². The van der Waals surface area contributed by atoms with Gasteiger partial charge in [-0.15, -0.1) is 0 Å². The normalized spacial score (nSPS) is 11.5. The van der Waals surface area contributed by atoms with Gasteiger partial charge in [-0.25, -0.2) is 4.98 Å². The van der Waals surface area contributed by atoms with E-state index in [4.69, 9.17) is 5.73 Å². The predicted molar refractivity (Wildman–Crippen MR) is 136 cm³/mol. The summed E-state index contributed by atoms with van der Waals surface area (Å²) in [4.78, 5) is 53.9. The Balaban J connectivity index is 1.48. The van der Waals surface area contributed by atoms with Crippen molar-refractivity contribution in [3.05, 3.63) is 107 Å². The molecular formula is C28H24N4O4. The molecule has 0 spiro atoms. The van der Waals surface area contributed by atoms with Crippen LogP contribution in [0.5, 0.6) is 0 Å². The van der Waals surface area contributed by atoms with E-state index in [0.29, 0.717) is 22.3 Å². The fourth-order valence-corrected chi connectivity index (χ4v) is 3.85. The summed E-state index contributed by atoms with van der Waals surface area (Å²) in [6.07, 6.45) is 0.125. The molecule has 4 N–H and O–H groups in total. The molecule has 36 heavy (non-hydrogen) atoms. The molecule has 8 heteroatoms. The molecule has 4 aromatic rings. The second-order valence-corrected chi connectivity index (χ2v) is 8.32. The maximum atomic E-state index is 13.0. The van der Waals surface area contributed by atoms with Crippen LogP contribution in [-0.2, 0) is 16.0 Å². The lowest BCUT2D eigenvalue weighted by Gasteiger charge is -2.17. The number of aromatic nitrogens is 1. The highest BCUT2D eigenvalue weighted by Crippen LogP contribution is 2.18. The Hall–Kier alpha value is -4.85. The van der Waals surface area contributed by atoms with Gasteiger partial charge in [-0.3, -0.25) is 19.2 Å². The van der Waals surface area contributed by atoms with Gasteiger partial charge in [0.15, 0.2) is 0 Å². The summed E-state index contributed by atoms with van der Waals surface area (Å²) < 4.78 is 0. The first kappa shape index (κ1) is 24.3. The smallest absolute Gasteiger partial charge is 0.287 e. The van der Waals surface area contributed by atoms with Gasteiger partial charge in [0.25, 0.3) is 17.7 Å². The number of nitrogens with zero attached hydrogens (tertiary/aromatic N) is 1. The molecule has 1 atom stereocenters. The quantitative estimate of drug-likeness (QED) is 0.333. The first-order valence-electron chi connectivity index (χ1n) is 11.3. The topological polar surface area (TPSA) is 131 Å². The molecule has 8 nitrogen and oxygen atoms in total. The molecule has 3 amide bonds. The summed E-state index contributed by atoms with van der Waals surface area (Å²) in [6.45, 7) is 1.71. The van der Waals surface area contributed by atoms with Gasteiger partial charge in [0, 0.05) is 23.1 Å². The van der Waals surface area contributed by atoms with Crippen molar-refractivity contribution in [2.45, 2.75) is 19.4 Å². The minimum atomic E-state index is -1.12. The number of amides is 3. The number of carbonyl (C=O) groups is 4. The third-order valence-corrected chi connectivity index (χ3v) is 5.71. The molecule has 0 bridgehead atoms. The minimum Gasteiger partial charge on any atom is -0.363 e. The van der Waals surface area contributed by atoms with Gasteiger partial charge in [0.05, 0.1) is 5.52 Å². The number of para-hydroxylation sites is 1. The molecule has 0 fully saturated rings. The minimum absolute atomic E-state index is 0.125. The highest BCUT2D eigenvalue weighted by Gasteiger charge is 2.26. The maximum absolute atomic E-state index is 13.0. The van der Waals surface area contributed by atoms with E-state index in [-0.39, 0.29) is 18.0 Å². The van der Waals surface area contributed by atoms with Crippen molar-refractivity contribution in [3.63, 3.8) is 0 Å². The van der Waals surface area contributed by atoms with E-state index in [1.54, 1.807) is 55.5 Å². The van der Waals surface area contributed by atoms with Crippen LogP contribution >= 0.6 is 0 Å². The van der Waals surface area contributed by atoms with Crippen molar-refractivity contribution in [1.82, 2.24) is 10.3 Å². The van der Waals surface area contributed by atoms with Crippen molar-refractivity contribution in [2.75, 3.05) is 5.32 Å². The number of nitrogens with one attached hydrogen (secondary N) is 2. The van der Waals surface area contributed by atoms with Gasteiger partial charge >= 0.3 is 0 Å². The van der Waals surface area contributed by atoms with Crippen LogP contribution < -0.4 is 16.4 Å². The molecule has 0 aliphatic rings. The molecular weight excluding hydrogens is 456 g/mol. The van der Waals surface area contributed by atoms with E-state index in [1.165, 1.54) is 0 Å². The second-order valence-electron chi connectivity index (χ2n) is 8.32. The summed E-state index contributed by atoms with van der Waals surface area (Å²) in [5.74, 6) is -2.91. The maximum Gasteiger partial charge on any atom is 0.287 e. The summed E-state index contributed by atoms with van der Waals surface area (Å²) in [5.41, 5.74) is 8.30. The lowest BCUT2D eigenvalue weighted by Crippen LogP contribution is -2.47. The number of benzene rings is 3. The number of anilines is 1. The lowest BCUT2D eigenvalue weighted by molar-refractivity contribution is -0.137. The Morgan fingerprint density at radius 1 is 0.861 bits per heavy atom. The van der Waals surface area contributed by atoms with E-state index in [2.05, 4.69) is 15.6 Å². The summed E-state index contributed by atoms with van der Waals surface area (Å²) in [5, 5.41) is 6.34. The highest BCUT2D eigenvalue weighted by molar-refractivity contribution is 6.38. The fourth-order valence-electron chi connectivity index (χ4n) is 3.85. The van der Waals surface area contributed by atoms with Crippen molar-refractivity contribution in [3.8, 4) is 0 Å². The molecule has 0 saturated carbocycles. The monoisotopic (exact) mass is 480 g/mol. The number of fused-ring (bicyclic) bond motifs is 1. The van der Waals surface area contributed by atoms with Crippen LogP contribution in [0.1, 0.15) is 32.0 Å². The van der Waals surface area contributed by atoms with Gasteiger partial charge in [-0.05, 0) is 48.4 Å². The largest absolute Gasteiger partial charge is 0.363 e. The fraction of sp³-hybridized carbons (Fsp3) is 0.107. The number of aryl methyl sites for hydroxylation is 1. The Bertz CT molecular complexity index is 1470. The van der Waals surface area contributed by atoms with Crippen molar-refractivity contribution in [2.24, 2.45) is 5.73 Å². The molecule has 1 aromatic heterocycles. The van der Waals surface area contributed by atoms with Crippen molar-refractivity contribution in [1.29, 1.82) is 0 Å². The number of rotatable bonds is 8. The van der Waals surface area contributed by atoms with Gasteiger partial charge in [-0.2, -0.15) is 0 Å². The van der Waals surface area contributed by atoms with Crippen LogP contribution in [0, 0.1) is 6.92 Å². The highest BCUT2D eigenvalue weighted by atomic mass is 16.2. The molecule has 180 valence electrons. The summed E-state index contributed by atoms with van der Waals surface area (Å²) >= 11 is 0. The number of nitrogens with two attached hydrogens (primary N) is 1. The molecule has 0 aliphatic carbocycles. The second kappa shape index (κ2) is 10.6. The lowest BCUT2D eigenvalue weighted by atomic mass is 10.0. The molecule has 0 aliphatic heterocycles. The van der Waals surface area contributed by atoms with Crippen LogP contribution in [0.2, 0.25) is 0 Å². The molecule has 1 unspecified atom stereocenters. The number of hydrogen-bond donors (Lipinski definition) is 3. The Morgan fingerprint density at radius 3 is 2.31 bits per heavy atom. The zero-order valence-electron chi connectivity index (χ0n) is 19.5. The van der Waals surface area contributed by atoms with Crippen LogP contribution in [-0.4, -0.2) is 34.5 Å². The van der Waals surface area contributed by atoms with Gasteiger partial charge in [0.2, 0.25) is 5.78 Å². The molecule has 3 aromatic carbocycles. The molecule has 0 radical (unpaired) electrons. The summed E-state index contributed by atoms with van der Waals surface area (Å²) in [7, 11) is 0. The van der Waals surface area contributed by atoms with E-state index in [0.717, 1.165) is 10.9 Å². The van der Waals surface area contributed by atoms with Gasteiger partial charge < -0.3 is 16.4 Å². The predicted octanol–water partition coefficient (Wildman–Crippen LogP) is 3.19. The van der Waals surface area contributed by atoms with Crippen LogP contribution in [0.25, 0.3) is 10.9 Å². The average Bonchev–Trinajstić information content (AvgIpc) is 2.88. The Kier molecular flexibility index (Phi) is 7.15. The van der Waals surface area contributed by atoms with Crippen LogP contribution in [0.3, 0.4) is 0 Å². The van der Waals surface area contributed by atoms with E-state index >= 15 is 0 Å². The number of hydrogen-bond acceptors (Lipinski definition) is 5. The molecule has 0 saturated heterocycles. The number of Topliss-reactive ketones (excluding diaryl/α,β-unsaturated/α-hetero) is 1. The zero-order chi connectivity index (χ0) is 25.7. The average molecular weight is 481 g/mol. The van der Waals surface area contributed by atoms with Crippen LogP contribution in [0.4, 0.5) is 5.69 Å². The number of carbonyl (C=O) groups excluding carboxylic acids is 4. The first-order valence-corrected chi connectivity index (χ1v) is 11.3. The standard InChI is InChI=1S/C28H24N4O4/c1-17-15-20(30-28(36)23-14-11-19-9-5-6-10-22(19)31-23)12-13-21(17)27(35)32-24(25(33)26(29)34)16-18-7-3-2-4-8-18/h2-15,24H,16H2,1H3,(H2,29,34)(H,30,36)(H,32,35). The van der Waals surface area contributed by atoms with Gasteiger partial charge in [0.1, 0.15) is 11.7 Å². The Morgan fingerprint density at radius 2 is 1.58 bits per heavy atom. The molecule has 4 rings (SSSR count). The number of pyridine rings is 1. The van der Waals surface area contributed by atoms with E-state index in [1.807, 2.05) is 36.4 Å². The zero-order valence-corrected chi connectivity index (χ0v) is 19.5. The number of primary amides is 1. The first-order chi connectivity index (χ1) is 17.3. The van der Waals surface area contributed by atoms with Crippen LogP contribution in [0.15, 0.2) is 84.9 Å². The SMILES string of the molecule is Cc1cc(NC(=O)c2ccc3ccccc3n2)ccc1C(=O)NC(Cc1ccccc1)C(=O)C(N)=O. The van der Waals surface area contributed by atoms with Crippen molar-refractivity contribution >= 4 is 40.1 Å². The third-order valence-electron chi connectivity index (χ3n) is 5.71.